The fourth-order valence-electron chi connectivity index (χ4n) is 2.32. The van der Waals surface area contributed by atoms with Crippen molar-refractivity contribution in [3.05, 3.63) is 23.8 Å². The fraction of sp³-hybridized carbons (Fsp3) is 0.500. The normalized spacial score (nSPS) is 16.3. The number of benzene rings is 1. The number of nitrogens with zero attached hydrogens (tertiary/aromatic N) is 1. The van der Waals surface area contributed by atoms with E-state index in [1.165, 1.54) is 6.92 Å². The number of esters is 1. The van der Waals surface area contributed by atoms with Gasteiger partial charge in [-0.3, -0.25) is 9.69 Å². The number of halogens is 2. The summed E-state index contributed by atoms with van der Waals surface area (Å²) in [6.45, 7) is 7.40. The van der Waals surface area contributed by atoms with Crippen molar-refractivity contribution in [2.75, 3.05) is 26.2 Å². The maximum atomic E-state index is 10.9. The minimum atomic E-state index is -0.432. The molecule has 0 amide bonds. The molecule has 1 fully saturated rings. The molecule has 120 valence electrons. The van der Waals surface area contributed by atoms with Crippen molar-refractivity contribution in [1.29, 1.82) is 0 Å². The third-order valence-corrected chi connectivity index (χ3v) is 3.42. The van der Waals surface area contributed by atoms with Gasteiger partial charge in [-0.1, -0.05) is 6.07 Å². The van der Waals surface area contributed by atoms with Gasteiger partial charge in [-0.15, -0.1) is 24.8 Å². The fourth-order valence-corrected chi connectivity index (χ4v) is 2.32. The Kier molecular flexibility index (Phi) is 8.66. The molecule has 0 unspecified atom stereocenters. The number of nitrogens with one attached hydrogen (secondary N) is 1. The third-order valence-electron chi connectivity index (χ3n) is 3.42. The van der Waals surface area contributed by atoms with Crippen LogP contribution in [0.2, 0.25) is 0 Å². The van der Waals surface area contributed by atoms with Crippen LogP contribution >= 0.6 is 24.8 Å². The van der Waals surface area contributed by atoms with Crippen molar-refractivity contribution in [3.8, 4) is 11.5 Å². The maximum absolute atomic E-state index is 10.9. The zero-order chi connectivity index (χ0) is 13.8. The molecule has 1 heterocycles. The molecule has 21 heavy (non-hydrogen) atoms. The van der Waals surface area contributed by atoms with Crippen LogP contribution in [0.5, 0.6) is 11.5 Å². The van der Waals surface area contributed by atoms with Gasteiger partial charge < -0.3 is 15.2 Å². The quantitative estimate of drug-likeness (QED) is 0.654. The number of ether oxygens (including phenoxy) is 1. The molecule has 1 atom stereocenters. The zero-order valence-corrected chi connectivity index (χ0v) is 13.8. The number of carbonyl (C=O) groups excluding carboxylic acids is 1. The van der Waals surface area contributed by atoms with E-state index in [0.717, 1.165) is 31.7 Å². The lowest BCUT2D eigenvalue weighted by Crippen LogP contribution is -2.44. The maximum Gasteiger partial charge on any atom is 0.308 e. The van der Waals surface area contributed by atoms with Crippen molar-refractivity contribution in [2.45, 2.75) is 19.9 Å². The molecule has 1 aliphatic heterocycles. The highest BCUT2D eigenvalue weighted by molar-refractivity contribution is 5.85. The number of hydrogen-bond donors (Lipinski definition) is 2. The summed E-state index contributed by atoms with van der Waals surface area (Å²) in [5.41, 5.74) is 1.02. The first kappa shape index (κ1) is 20.0. The van der Waals surface area contributed by atoms with Crippen molar-refractivity contribution in [1.82, 2.24) is 10.2 Å². The van der Waals surface area contributed by atoms with Crippen molar-refractivity contribution < 1.29 is 14.6 Å². The van der Waals surface area contributed by atoms with Crippen LogP contribution < -0.4 is 10.1 Å². The highest BCUT2D eigenvalue weighted by Gasteiger charge is 2.19. The van der Waals surface area contributed by atoms with Gasteiger partial charge in [-0.05, 0) is 24.6 Å². The highest BCUT2D eigenvalue weighted by atomic mass is 35.5. The van der Waals surface area contributed by atoms with Crippen LogP contribution in [0.3, 0.4) is 0 Å². The van der Waals surface area contributed by atoms with Crippen molar-refractivity contribution >= 4 is 30.8 Å². The first-order valence-corrected chi connectivity index (χ1v) is 6.54. The van der Waals surface area contributed by atoms with E-state index in [-0.39, 0.29) is 42.4 Å². The molecule has 2 N–H and O–H groups in total. The standard InChI is InChI=1S/C14H20N2O3.2ClH/c1-10(16-7-5-15-6-8-16)12-3-4-14(13(18)9-12)19-11(2)17;;/h3-4,9-10,15,18H,5-8H2,1-2H3;2*1H/t10-;;/m1../s1. The molecular formula is C14H22Cl2N2O3. The summed E-state index contributed by atoms with van der Waals surface area (Å²) in [4.78, 5) is 13.2. The number of hydrogen-bond acceptors (Lipinski definition) is 5. The second kappa shape index (κ2) is 9.10. The average molecular weight is 337 g/mol. The number of phenols is 1. The lowest BCUT2D eigenvalue weighted by Gasteiger charge is -2.33. The Labute approximate surface area is 137 Å². The van der Waals surface area contributed by atoms with E-state index in [2.05, 4.69) is 17.1 Å². The van der Waals surface area contributed by atoms with E-state index < -0.39 is 5.97 Å². The van der Waals surface area contributed by atoms with Gasteiger partial charge in [0.05, 0.1) is 0 Å². The van der Waals surface area contributed by atoms with Crippen LogP contribution in [0.25, 0.3) is 0 Å². The van der Waals surface area contributed by atoms with Gasteiger partial charge in [0.25, 0.3) is 0 Å². The molecular weight excluding hydrogens is 315 g/mol. The smallest absolute Gasteiger partial charge is 0.308 e. The summed E-state index contributed by atoms with van der Waals surface area (Å²) in [6.07, 6.45) is 0. The third kappa shape index (κ3) is 5.36. The molecule has 0 spiro atoms. The highest BCUT2D eigenvalue weighted by Crippen LogP contribution is 2.31. The molecule has 0 bridgehead atoms. The summed E-state index contributed by atoms with van der Waals surface area (Å²) < 4.78 is 4.91. The zero-order valence-electron chi connectivity index (χ0n) is 12.2. The van der Waals surface area contributed by atoms with E-state index in [9.17, 15) is 9.90 Å². The minimum absolute atomic E-state index is 0. The summed E-state index contributed by atoms with van der Waals surface area (Å²) in [6, 6.07) is 5.44. The second-order valence-corrected chi connectivity index (χ2v) is 4.78. The SMILES string of the molecule is CC(=O)Oc1ccc([C@@H](C)N2CCNCC2)cc1O.Cl.Cl. The predicted molar refractivity (Wildman–Crippen MR) is 86.8 cm³/mol. The first-order chi connectivity index (χ1) is 9.08. The van der Waals surface area contributed by atoms with Crippen molar-refractivity contribution in [2.24, 2.45) is 0 Å². The molecule has 0 aromatic heterocycles. The topological polar surface area (TPSA) is 61.8 Å². The molecule has 7 heteroatoms. The van der Waals surface area contributed by atoms with Gasteiger partial charge in [-0.25, -0.2) is 0 Å². The van der Waals surface area contributed by atoms with E-state index in [1.807, 2.05) is 6.07 Å². The lowest BCUT2D eigenvalue weighted by molar-refractivity contribution is -0.132. The van der Waals surface area contributed by atoms with Gasteiger partial charge in [0.15, 0.2) is 11.5 Å². The Balaban J connectivity index is 0.00000200. The summed E-state index contributed by atoms with van der Waals surface area (Å²) in [7, 11) is 0. The van der Waals surface area contributed by atoms with Crippen LogP contribution in [0.1, 0.15) is 25.5 Å². The Morgan fingerprint density at radius 1 is 1.33 bits per heavy atom. The average Bonchev–Trinajstić information content (AvgIpc) is 2.41. The summed E-state index contributed by atoms with van der Waals surface area (Å²) >= 11 is 0. The van der Waals surface area contributed by atoms with Crippen LogP contribution in [-0.4, -0.2) is 42.2 Å². The monoisotopic (exact) mass is 336 g/mol. The number of aromatic hydroxyl groups is 1. The van der Waals surface area contributed by atoms with E-state index in [4.69, 9.17) is 4.74 Å². The molecule has 0 radical (unpaired) electrons. The summed E-state index contributed by atoms with van der Waals surface area (Å²) in [5.74, 6) is -0.211. The predicted octanol–water partition coefficient (Wildman–Crippen LogP) is 2.13. The molecule has 2 rings (SSSR count). The molecule has 5 nitrogen and oxygen atoms in total. The van der Waals surface area contributed by atoms with Gasteiger partial charge in [0.2, 0.25) is 0 Å². The van der Waals surface area contributed by atoms with E-state index in [0.29, 0.717) is 0 Å². The molecule has 0 saturated carbocycles. The Morgan fingerprint density at radius 2 is 1.95 bits per heavy atom. The van der Waals surface area contributed by atoms with Gasteiger partial charge in [0, 0.05) is 39.1 Å². The molecule has 1 saturated heterocycles. The van der Waals surface area contributed by atoms with E-state index >= 15 is 0 Å². The Bertz CT molecular complexity index is 466. The number of phenolic OH excluding ortho intramolecular Hbond substituents is 1. The first-order valence-electron chi connectivity index (χ1n) is 6.54. The van der Waals surface area contributed by atoms with Gasteiger partial charge in [-0.2, -0.15) is 0 Å². The Hall–Kier alpha value is -1.01. The largest absolute Gasteiger partial charge is 0.504 e. The minimum Gasteiger partial charge on any atom is -0.504 e. The number of carbonyl (C=O) groups is 1. The van der Waals surface area contributed by atoms with Crippen molar-refractivity contribution in [3.63, 3.8) is 0 Å². The molecule has 1 aliphatic rings. The summed E-state index contributed by atoms with van der Waals surface area (Å²) in [5, 5.41) is 13.2. The second-order valence-electron chi connectivity index (χ2n) is 4.78. The van der Waals surface area contributed by atoms with Gasteiger partial charge >= 0.3 is 5.97 Å². The van der Waals surface area contributed by atoms with Crippen LogP contribution in [0.15, 0.2) is 18.2 Å². The number of piperazine rings is 1. The lowest BCUT2D eigenvalue weighted by atomic mass is 10.1. The van der Waals surface area contributed by atoms with Crippen LogP contribution in [-0.2, 0) is 4.79 Å². The Morgan fingerprint density at radius 3 is 2.48 bits per heavy atom. The van der Waals surface area contributed by atoms with Gasteiger partial charge in [0.1, 0.15) is 0 Å². The van der Waals surface area contributed by atoms with E-state index in [1.54, 1.807) is 12.1 Å². The van der Waals surface area contributed by atoms with Crippen LogP contribution in [0, 0.1) is 0 Å². The molecule has 1 aromatic rings. The molecule has 1 aromatic carbocycles. The number of rotatable bonds is 3. The molecule has 0 aliphatic carbocycles. The van der Waals surface area contributed by atoms with Crippen LogP contribution in [0.4, 0.5) is 0 Å².